The van der Waals surface area contributed by atoms with Crippen LogP contribution in [0.5, 0.6) is 11.5 Å². The summed E-state index contributed by atoms with van der Waals surface area (Å²) in [4.78, 5) is 26.5. The Kier molecular flexibility index (Phi) is 4.71. The molecule has 2 aliphatic heterocycles. The van der Waals surface area contributed by atoms with Crippen LogP contribution in [0.1, 0.15) is 24.0 Å². The van der Waals surface area contributed by atoms with Crippen LogP contribution in [0.2, 0.25) is 0 Å². The van der Waals surface area contributed by atoms with Crippen LogP contribution in [-0.4, -0.2) is 30.6 Å². The largest absolute Gasteiger partial charge is 0.454 e. The summed E-state index contributed by atoms with van der Waals surface area (Å²) in [5, 5.41) is 2.94. The molecule has 0 spiro atoms. The Morgan fingerprint density at radius 2 is 2.00 bits per heavy atom. The number of benzene rings is 2. The Balaban J connectivity index is 1.32. The summed E-state index contributed by atoms with van der Waals surface area (Å²) in [5.74, 6) is 1.31. The van der Waals surface area contributed by atoms with E-state index >= 15 is 0 Å². The van der Waals surface area contributed by atoms with Crippen molar-refractivity contribution >= 4 is 17.5 Å². The molecule has 0 saturated heterocycles. The summed E-state index contributed by atoms with van der Waals surface area (Å²) in [5.41, 5.74) is 2.99. The van der Waals surface area contributed by atoms with Gasteiger partial charge in [0.2, 0.25) is 18.6 Å². The second-order valence-electron chi connectivity index (χ2n) is 7.02. The molecule has 140 valence electrons. The maximum absolute atomic E-state index is 12.5. The Hall–Kier alpha value is -3.02. The predicted octanol–water partition coefficient (Wildman–Crippen LogP) is 2.96. The van der Waals surface area contributed by atoms with E-state index in [1.807, 2.05) is 42.5 Å². The van der Waals surface area contributed by atoms with Gasteiger partial charge in [-0.3, -0.25) is 9.59 Å². The summed E-state index contributed by atoms with van der Waals surface area (Å²) >= 11 is 0. The molecule has 1 atom stereocenters. The van der Waals surface area contributed by atoms with Crippen LogP contribution in [-0.2, 0) is 22.6 Å². The van der Waals surface area contributed by atoms with E-state index in [1.165, 1.54) is 0 Å². The minimum absolute atomic E-state index is 0.0000704. The highest BCUT2D eigenvalue weighted by atomic mass is 16.7. The van der Waals surface area contributed by atoms with Crippen LogP contribution in [0, 0.1) is 5.92 Å². The molecule has 27 heavy (non-hydrogen) atoms. The SMILES string of the molecule is CN(Cc1ccc2c(c1)OCO2)C(=O)CCC1Cc2ccccc2NC1=O. The zero-order chi connectivity index (χ0) is 18.8. The van der Waals surface area contributed by atoms with E-state index in [2.05, 4.69) is 5.32 Å². The summed E-state index contributed by atoms with van der Waals surface area (Å²) in [7, 11) is 1.78. The highest BCUT2D eigenvalue weighted by Crippen LogP contribution is 2.33. The van der Waals surface area contributed by atoms with E-state index in [0.717, 1.165) is 22.6 Å². The lowest BCUT2D eigenvalue weighted by atomic mass is 9.89. The van der Waals surface area contributed by atoms with Crippen LogP contribution in [0.15, 0.2) is 42.5 Å². The third-order valence-electron chi connectivity index (χ3n) is 5.10. The molecular weight excluding hydrogens is 344 g/mol. The molecule has 4 rings (SSSR count). The normalized spacial score (nSPS) is 17.2. The Morgan fingerprint density at radius 1 is 1.19 bits per heavy atom. The zero-order valence-electron chi connectivity index (χ0n) is 15.2. The molecule has 6 nitrogen and oxygen atoms in total. The molecule has 2 amide bonds. The molecule has 2 heterocycles. The van der Waals surface area contributed by atoms with Gasteiger partial charge < -0.3 is 19.7 Å². The van der Waals surface area contributed by atoms with E-state index in [-0.39, 0.29) is 24.5 Å². The van der Waals surface area contributed by atoms with Crippen LogP contribution in [0.4, 0.5) is 5.69 Å². The van der Waals surface area contributed by atoms with E-state index in [1.54, 1.807) is 11.9 Å². The van der Waals surface area contributed by atoms with E-state index in [4.69, 9.17) is 9.47 Å². The summed E-state index contributed by atoms with van der Waals surface area (Å²) in [6.45, 7) is 0.731. The lowest BCUT2D eigenvalue weighted by molar-refractivity contribution is -0.131. The molecule has 0 aromatic heterocycles. The fourth-order valence-electron chi connectivity index (χ4n) is 3.54. The van der Waals surface area contributed by atoms with E-state index < -0.39 is 0 Å². The van der Waals surface area contributed by atoms with Gasteiger partial charge in [0.25, 0.3) is 0 Å². The van der Waals surface area contributed by atoms with Crippen molar-refractivity contribution in [2.45, 2.75) is 25.8 Å². The lowest BCUT2D eigenvalue weighted by Crippen LogP contribution is -2.32. The number of amides is 2. The third kappa shape index (κ3) is 3.74. The quantitative estimate of drug-likeness (QED) is 0.883. The average molecular weight is 366 g/mol. The fraction of sp³-hybridized carbons (Fsp3) is 0.333. The fourth-order valence-corrected chi connectivity index (χ4v) is 3.54. The first-order chi connectivity index (χ1) is 13.1. The number of hydrogen-bond donors (Lipinski definition) is 1. The van der Waals surface area contributed by atoms with Gasteiger partial charge in [-0.2, -0.15) is 0 Å². The molecule has 2 aromatic carbocycles. The van der Waals surface area contributed by atoms with Crippen LogP contribution in [0.3, 0.4) is 0 Å². The average Bonchev–Trinajstić information content (AvgIpc) is 3.13. The second kappa shape index (κ2) is 7.31. The minimum Gasteiger partial charge on any atom is -0.454 e. The maximum atomic E-state index is 12.5. The number of carbonyl (C=O) groups excluding carboxylic acids is 2. The smallest absolute Gasteiger partial charge is 0.231 e. The number of hydrogen-bond acceptors (Lipinski definition) is 4. The monoisotopic (exact) mass is 366 g/mol. The van der Waals surface area contributed by atoms with Crippen LogP contribution in [0.25, 0.3) is 0 Å². The van der Waals surface area contributed by atoms with Crippen molar-refractivity contribution in [3.05, 3.63) is 53.6 Å². The van der Waals surface area contributed by atoms with Crippen molar-refractivity contribution in [2.75, 3.05) is 19.2 Å². The number of para-hydroxylation sites is 1. The first-order valence-electron chi connectivity index (χ1n) is 9.11. The molecule has 0 aliphatic carbocycles. The number of nitrogens with zero attached hydrogens (tertiary/aromatic N) is 1. The van der Waals surface area contributed by atoms with Gasteiger partial charge in [-0.25, -0.2) is 0 Å². The number of nitrogens with one attached hydrogen (secondary N) is 1. The highest BCUT2D eigenvalue weighted by Gasteiger charge is 2.26. The van der Waals surface area contributed by atoms with Crippen molar-refractivity contribution in [1.29, 1.82) is 0 Å². The van der Waals surface area contributed by atoms with Gasteiger partial charge in [0.05, 0.1) is 0 Å². The number of rotatable bonds is 5. The Labute approximate surface area is 158 Å². The standard InChI is InChI=1S/C21H22N2O4/c1-23(12-14-6-8-18-19(10-14)27-13-26-18)20(24)9-7-16-11-15-4-2-3-5-17(15)22-21(16)25/h2-6,8,10,16H,7,9,11-13H2,1H3,(H,22,25). The van der Waals surface area contributed by atoms with Crippen LogP contribution >= 0.6 is 0 Å². The van der Waals surface area contributed by atoms with Crippen molar-refractivity contribution in [3.63, 3.8) is 0 Å². The lowest BCUT2D eigenvalue weighted by Gasteiger charge is -2.25. The van der Waals surface area contributed by atoms with Gasteiger partial charge in [0, 0.05) is 31.6 Å². The summed E-state index contributed by atoms with van der Waals surface area (Å²) in [6.07, 6.45) is 1.58. The topological polar surface area (TPSA) is 67.9 Å². The molecule has 0 fully saturated rings. The van der Waals surface area contributed by atoms with Crippen LogP contribution < -0.4 is 14.8 Å². The van der Waals surface area contributed by atoms with Crippen molar-refractivity contribution in [3.8, 4) is 11.5 Å². The summed E-state index contributed by atoms with van der Waals surface area (Å²) < 4.78 is 10.7. The number of ether oxygens (including phenoxy) is 2. The second-order valence-corrected chi connectivity index (χ2v) is 7.02. The molecule has 0 bridgehead atoms. The first-order valence-corrected chi connectivity index (χ1v) is 9.11. The molecule has 6 heteroatoms. The minimum atomic E-state index is -0.164. The number of fused-ring (bicyclic) bond motifs is 2. The number of carbonyl (C=O) groups is 2. The van der Waals surface area contributed by atoms with Gasteiger partial charge >= 0.3 is 0 Å². The van der Waals surface area contributed by atoms with Gasteiger partial charge in [0.1, 0.15) is 0 Å². The molecule has 0 saturated carbocycles. The Bertz CT molecular complexity index is 880. The van der Waals surface area contributed by atoms with E-state index in [0.29, 0.717) is 31.6 Å². The first kappa shape index (κ1) is 17.4. The van der Waals surface area contributed by atoms with Gasteiger partial charge in [-0.1, -0.05) is 24.3 Å². The van der Waals surface area contributed by atoms with Crippen molar-refractivity contribution in [1.82, 2.24) is 4.90 Å². The van der Waals surface area contributed by atoms with Gasteiger partial charge in [-0.15, -0.1) is 0 Å². The maximum Gasteiger partial charge on any atom is 0.231 e. The van der Waals surface area contributed by atoms with Crippen molar-refractivity contribution in [2.24, 2.45) is 5.92 Å². The highest BCUT2D eigenvalue weighted by molar-refractivity contribution is 5.96. The molecular formula is C21H22N2O4. The molecule has 2 aromatic rings. The number of anilines is 1. The molecule has 1 N–H and O–H groups in total. The predicted molar refractivity (Wildman–Crippen MR) is 101 cm³/mol. The van der Waals surface area contributed by atoms with Gasteiger partial charge in [0.15, 0.2) is 11.5 Å². The molecule has 1 unspecified atom stereocenters. The Morgan fingerprint density at radius 3 is 2.89 bits per heavy atom. The zero-order valence-corrected chi connectivity index (χ0v) is 15.2. The molecule has 0 radical (unpaired) electrons. The van der Waals surface area contributed by atoms with E-state index in [9.17, 15) is 9.59 Å². The third-order valence-corrected chi connectivity index (χ3v) is 5.10. The summed E-state index contributed by atoms with van der Waals surface area (Å²) in [6, 6.07) is 13.5. The van der Waals surface area contributed by atoms with Gasteiger partial charge in [-0.05, 0) is 42.2 Å². The van der Waals surface area contributed by atoms with Crippen molar-refractivity contribution < 1.29 is 19.1 Å². The molecule has 2 aliphatic rings.